The Labute approximate surface area is 218 Å². The van der Waals surface area contributed by atoms with E-state index in [0.717, 1.165) is 16.0 Å². The van der Waals surface area contributed by atoms with Crippen molar-refractivity contribution in [3.8, 4) is 0 Å². The monoisotopic (exact) mass is 517 g/mol. The summed E-state index contributed by atoms with van der Waals surface area (Å²) in [4.78, 5) is 51.5. The molecule has 8 nitrogen and oxygen atoms in total. The van der Waals surface area contributed by atoms with Crippen LogP contribution in [0.15, 0.2) is 77.5 Å². The quantitative estimate of drug-likeness (QED) is 0.331. The minimum atomic E-state index is -0.707. The van der Waals surface area contributed by atoms with Gasteiger partial charge in [-0.05, 0) is 86.5 Å². The van der Waals surface area contributed by atoms with E-state index in [1.54, 1.807) is 31.2 Å². The van der Waals surface area contributed by atoms with Gasteiger partial charge in [0, 0.05) is 16.9 Å². The molecular weight excluding hydrogens is 494 g/mol. The number of rotatable bonds is 7. The van der Waals surface area contributed by atoms with Gasteiger partial charge in [-0.2, -0.15) is 0 Å². The number of amides is 3. The number of hydrogen-bond acceptors (Lipinski definition) is 6. The summed E-state index contributed by atoms with van der Waals surface area (Å²) in [5, 5.41) is 5.46. The highest BCUT2D eigenvalue weighted by Gasteiger charge is 2.39. The summed E-state index contributed by atoms with van der Waals surface area (Å²) in [5.41, 5.74) is 3.90. The minimum Gasteiger partial charge on any atom is -0.462 e. The van der Waals surface area contributed by atoms with Crippen molar-refractivity contribution in [1.82, 2.24) is 0 Å². The fraction of sp³-hybridized carbons (Fsp3) is 0.143. The summed E-state index contributed by atoms with van der Waals surface area (Å²) in [5.74, 6) is -2.20. The lowest BCUT2D eigenvalue weighted by molar-refractivity contribution is -0.120. The molecule has 3 aromatic carbocycles. The van der Waals surface area contributed by atoms with Crippen molar-refractivity contribution < 1.29 is 23.9 Å². The molecule has 1 heterocycles. The number of carbonyl (C=O) groups excluding carboxylic acids is 4. The zero-order chi connectivity index (χ0) is 26.7. The largest absolute Gasteiger partial charge is 0.462 e. The van der Waals surface area contributed by atoms with E-state index in [-0.39, 0.29) is 34.5 Å². The summed E-state index contributed by atoms with van der Waals surface area (Å²) in [7, 11) is 0. The van der Waals surface area contributed by atoms with Gasteiger partial charge in [0.25, 0.3) is 17.7 Å². The van der Waals surface area contributed by atoms with E-state index in [4.69, 9.17) is 16.3 Å². The van der Waals surface area contributed by atoms with E-state index < -0.39 is 17.8 Å². The van der Waals surface area contributed by atoms with Gasteiger partial charge in [-0.25, -0.2) is 9.69 Å². The van der Waals surface area contributed by atoms with E-state index >= 15 is 0 Å². The summed E-state index contributed by atoms with van der Waals surface area (Å²) in [6, 6.07) is 18.1. The van der Waals surface area contributed by atoms with Crippen molar-refractivity contribution in [3.05, 3.63) is 99.7 Å². The van der Waals surface area contributed by atoms with Gasteiger partial charge in [-0.1, -0.05) is 23.7 Å². The van der Waals surface area contributed by atoms with Gasteiger partial charge in [0.15, 0.2) is 0 Å². The first-order valence-corrected chi connectivity index (χ1v) is 11.9. The zero-order valence-corrected chi connectivity index (χ0v) is 21.2. The van der Waals surface area contributed by atoms with Crippen molar-refractivity contribution in [2.75, 3.05) is 22.1 Å². The first-order chi connectivity index (χ1) is 17.7. The second-order valence-corrected chi connectivity index (χ2v) is 8.82. The highest BCUT2D eigenvalue weighted by atomic mass is 35.5. The third kappa shape index (κ3) is 5.54. The molecule has 2 N–H and O–H groups in total. The summed E-state index contributed by atoms with van der Waals surface area (Å²) in [6.07, 6.45) is 0. The SMILES string of the molecule is CCOC(=O)c1ccc(N2C(=O)C(Cl)=C(Nc3cccc(C(=O)Nc4cc(C)cc(C)c4)c3)C2=O)cc1. The zero-order valence-electron chi connectivity index (χ0n) is 20.4. The third-order valence-electron chi connectivity index (χ3n) is 5.54. The standard InChI is InChI=1S/C28H24ClN3O5/c1-4-37-28(36)18-8-10-22(11-9-18)32-26(34)23(29)24(27(32)35)30-20-7-5-6-19(15-20)25(33)31-21-13-16(2)12-17(3)14-21/h5-15,30H,4H2,1-3H3,(H,31,33). The first kappa shape index (κ1) is 25.7. The van der Waals surface area contributed by atoms with Crippen LogP contribution in [0.3, 0.4) is 0 Å². The molecule has 9 heteroatoms. The van der Waals surface area contributed by atoms with Gasteiger partial charge in [-0.15, -0.1) is 0 Å². The topological polar surface area (TPSA) is 105 Å². The molecule has 0 saturated heterocycles. The van der Waals surface area contributed by atoms with E-state index in [9.17, 15) is 19.2 Å². The molecule has 0 fully saturated rings. The van der Waals surface area contributed by atoms with E-state index in [0.29, 0.717) is 16.9 Å². The van der Waals surface area contributed by atoms with Crippen LogP contribution in [-0.2, 0) is 14.3 Å². The maximum absolute atomic E-state index is 13.1. The van der Waals surface area contributed by atoms with Crippen molar-refractivity contribution in [2.45, 2.75) is 20.8 Å². The van der Waals surface area contributed by atoms with Gasteiger partial charge in [0.05, 0.1) is 17.9 Å². The third-order valence-corrected chi connectivity index (χ3v) is 5.89. The number of benzene rings is 3. The summed E-state index contributed by atoms with van der Waals surface area (Å²) in [6.45, 7) is 5.82. The molecule has 0 spiro atoms. The minimum absolute atomic E-state index is 0.118. The van der Waals surface area contributed by atoms with Crippen LogP contribution < -0.4 is 15.5 Å². The second-order valence-electron chi connectivity index (χ2n) is 8.44. The summed E-state index contributed by atoms with van der Waals surface area (Å²) >= 11 is 6.23. The number of ether oxygens (including phenoxy) is 1. The number of nitrogens with zero attached hydrogens (tertiary/aromatic N) is 1. The van der Waals surface area contributed by atoms with Crippen LogP contribution in [0.5, 0.6) is 0 Å². The fourth-order valence-corrected chi connectivity index (χ4v) is 4.15. The van der Waals surface area contributed by atoms with Crippen molar-refractivity contribution in [1.29, 1.82) is 0 Å². The van der Waals surface area contributed by atoms with E-state index in [1.807, 2.05) is 32.0 Å². The van der Waals surface area contributed by atoms with Gasteiger partial charge >= 0.3 is 5.97 Å². The Bertz CT molecular complexity index is 1430. The van der Waals surface area contributed by atoms with Crippen molar-refractivity contribution in [3.63, 3.8) is 0 Å². The maximum atomic E-state index is 13.1. The number of hydrogen-bond donors (Lipinski definition) is 2. The predicted molar refractivity (Wildman–Crippen MR) is 142 cm³/mol. The Morgan fingerprint density at radius 2 is 1.54 bits per heavy atom. The molecule has 0 unspecified atom stereocenters. The van der Waals surface area contributed by atoms with Crippen LogP contribution in [0.25, 0.3) is 0 Å². The first-order valence-electron chi connectivity index (χ1n) is 11.5. The lowest BCUT2D eigenvalue weighted by Gasteiger charge is -2.15. The summed E-state index contributed by atoms with van der Waals surface area (Å²) < 4.78 is 4.95. The lowest BCUT2D eigenvalue weighted by atomic mass is 10.1. The Morgan fingerprint density at radius 1 is 0.865 bits per heavy atom. The van der Waals surface area contributed by atoms with Crippen molar-refractivity contribution in [2.24, 2.45) is 0 Å². The molecule has 1 aliphatic rings. The average Bonchev–Trinajstić information content (AvgIpc) is 3.07. The molecule has 0 aromatic heterocycles. The number of esters is 1. The highest BCUT2D eigenvalue weighted by Crippen LogP contribution is 2.30. The molecule has 1 aliphatic heterocycles. The molecule has 0 radical (unpaired) electrons. The molecule has 0 bridgehead atoms. The Morgan fingerprint density at radius 3 is 2.19 bits per heavy atom. The fourth-order valence-electron chi connectivity index (χ4n) is 3.94. The van der Waals surface area contributed by atoms with E-state index in [1.165, 1.54) is 24.3 Å². The number of aryl methyl sites for hydroxylation is 2. The van der Waals surface area contributed by atoms with Gasteiger partial charge in [0.2, 0.25) is 0 Å². The predicted octanol–water partition coefficient (Wildman–Crippen LogP) is 5.17. The number of nitrogens with one attached hydrogen (secondary N) is 2. The number of imide groups is 1. The Balaban J connectivity index is 1.51. The van der Waals surface area contributed by atoms with Crippen LogP contribution in [0, 0.1) is 13.8 Å². The van der Waals surface area contributed by atoms with Crippen LogP contribution in [0.4, 0.5) is 17.1 Å². The highest BCUT2D eigenvalue weighted by molar-refractivity contribution is 6.53. The molecule has 4 rings (SSSR count). The van der Waals surface area contributed by atoms with Crippen LogP contribution in [0.2, 0.25) is 0 Å². The molecule has 37 heavy (non-hydrogen) atoms. The molecule has 0 atom stereocenters. The smallest absolute Gasteiger partial charge is 0.338 e. The van der Waals surface area contributed by atoms with Crippen molar-refractivity contribution >= 4 is 52.4 Å². The molecule has 0 saturated carbocycles. The molecule has 3 aromatic rings. The maximum Gasteiger partial charge on any atom is 0.338 e. The molecular formula is C28H24ClN3O5. The molecule has 0 aliphatic carbocycles. The van der Waals surface area contributed by atoms with Crippen LogP contribution in [-0.4, -0.2) is 30.3 Å². The Kier molecular flexibility index (Phi) is 7.40. The second kappa shape index (κ2) is 10.7. The Hall–Kier alpha value is -4.43. The van der Waals surface area contributed by atoms with Gasteiger partial charge < -0.3 is 15.4 Å². The molecule has 188 valence electrons. The van der Waals surface area contributed by atoms with Gasteiger partial charge in [0.1, 0.15) is 10.7 Å². The lowest BCUT2D eigenvalue weighted by Crippen LogP contribution is -2.32. The molecule has 3 amide bonds. The number of carbonyl (C=O) groups is 4. The normalized spacial score (nSPS) is 13.1. The van der Waals surface area contributed by atoms with Crippen LogP contribution in [0.1, 0.15) is 38.8 Å². The van der Waals surface area contributed by atoms with Gasteiger partial charge in [-0.3, -0.25) is 14.4 Å². The van der Waals surface area contributed by atoms with E-state index in [2.05, 4.69) is 10.6 Å². The van der Waals surface area contributed by atoms with Crippen LogP contribution >= 0.6 is 11.6 Å². The number of anilines is 3. The average molecular weight is 518 g/mol. The number of halogens is 1.